The summed E-state index contributed by atoms with van der Waals surface area (Å²) in [5.41, 5.74) is 9.28. The van der Waals surface area contributed by atoms with Gasteiger partial charge in [-0.3, -0.25) is 4.98 Å². The third-order valence-electron chi connectivity index (χ3n) is 4.23. The SMILES string of the molecule is Cc1ccc(CN=C(N)NCCc2ccccn2)c(OCC2CC2)c1.I. The van der Waals surface area contributed by atoms with Crippen LogP contribution in [0.2, 0.25) is 0 Å². The second-order valence-corrected chi connectivity index (χ2v) is 6.56. The average molecular weight is 466 g/mol. The Labute approximate surface area is 172 Å². The van der Waals surface area contributed by atoms with Gasteiger partial charge in [-0.25, -0.2) is 4.99 Å². The largest absolute Gasteiger partial charge is 0.493 e. The summed E-state index contributed by atoms with van der Waals surface area (Å²) in [6.07, 6.45) is 5.18. The van der Waals surface area contributed by atoms with E-state index in [4.69, 9.17) is 10.5 Å². The standard InChI is InChI=1S/C20H26N4O.HI/c1-15-5-8-17(19(12-15)25-14-16-6-7-16)13-24-20(21)23-11-9-18-4-2-3-10-22-18;/h2-5,8,10,12,16H,6-7,9,11,13-14H2,1H3,(H3,21,23,24);1H. The number of nitrogens with zero attached hydrogens (tertiary/aromatic N) is 2. The first-order valence-corrected chi connectivity index (χ1v) is 8.87. The Bertz CT molecular complexity index is 717. The van der Waals surface area contributed by atoms with Gasteiger partial charge in [0.2, 0.25) is 0 Å². The fourth-order valence-electron chi connectivity index (χ4n) is 2.51. The quantitative estimate of drug-likeness (QED) is 0.355. The van der Waals surface area contributed by atoms with E-state index in [0.29, 0.717) is 19.0 Å². The molecule has 26 heavy (non-hydrogen) atoms. The van der Waals surface area contributed by atoms with Crippen LogP contribution in [0.25, 0.3) is 0 Å². The summed E-state index contributed by atoms with van der Waals surface area (Å²) in [6, 6.07) is 12.1. The van der Waals surface area contributed by atoms with Gasteiger partial charge in [0.1, 0.15) is 5.75 Å². The molecular weight excluding hydrogens is 439 g/mol. The number of benzene rings is 1. The van der Waals surface area contributed by atoms with Gasteiger partial charge in [0, 0.05) is 30.4 Å². The number of hydrogen-bond acceptors (Lipinski definition) is 3. The minimum Gasteiger partial charge on any atom is -0.493 e. The average Bonchev–Trinajstić information content (AvgIpc) is 3.44. The molecule has 1 saturated carbocycles. The molecule has 0 unspecified atom stereocenters. The molecule has 0 bridgehead atoms. The molecule has 6 heteroatoms. The minimum absolute atomic E-state index is 0. The summed E-state index contributed by atoms with van der Waals surface area (Å²) >= 11 is 0. The summed E-state index contributed by atoms with van der Waals surface area (Å²) in [4.78, 5) is 8.73. The first-order chi connectivity index (χ1) is 12.2. The normalized spacial score (nSPS) is 13.8. The van der Waals surface area contributed by atoms with Gasteiger partial charge in [-0.1, -0.05) is 18.2 Å². The third-order valence-corrected chi connectivity index (χ3v) is 4.23. The molecular formula is C20H27IN4O. The Morgan fingerprint density at radius 3 is 2.88 bits per heavy atom. The van der Waals surface area contributed by atoms with E-state index in [1.165, 1.54) is 18.4 Å². The van der Waals surface area contributed by atoms with Crippen LogP contribution in [0.3, 0.4) is 0 Å². The molecule has 1 aromatic heterocycles. The van der Waals surface area contributed by atoms with E-state index in [2.05, 4.69) is 40.4 Å². The molecule has 0 aliphatic heterocycles. The lowest BCUT2D eigenvalue weighted by atomic mass is 10.1. The van der Waals surface area contributed by atoms with Crippen molar-refractivity contribution in [3.05, 3.63) is 59.4 Å². The summed E-state index contributed by atoms with van der Waals surface area (Å²) < 4.78 is 5.97. The van der Waals surface area contributed by atoms with Crippen LogP contribution in [-0.4, -0.2) is 24.1 Å². The first kappa shape index (κ1) is 20.5. The maximum atomic E-state index is 5.98. The van der Waals surface area contributed by atoms with Crippen molar-refractivity contribution in [1.82, 2.24) is 10.3 Å². The number of nitrogens with one attached hydrogen (secondary N) is 1. The van der Waals surface area contributed by atoms with E-state index in [-0.39, 0.29) is 24.0 Å². The number of nitrogens with two attached hydrogens (primary N) is 1. The van der Waals surface area contributed by atoms with E-state index in [0.717, 1.165) is 36.0 Å². The summed E-state index contributed by atoms with van der Waals surface area (Å²) in [7, 11) is 0. The fourth-order valence-corrected chi connectivity index (χ4v) is 2.51. The highest BCUT2D eigenvalue weighted by molar-refractivity contribution is 14.0. The number of guanidine groups is 1. The van der Waals surface area contributed by atoms with E-state index < -0.39 is 0 Å². The summed E-state index contributed by atoms with van der Waals surface area (Å²) in [5, 5.41) is 3.14. The van der Waals surface area contributed by atoms with Crippen molar-refractivity contribution < 1.29 is 4.74 Å². The molecule has 1 aromatic carbocycles. The number of aryl methyl sites for hydroxylation is 1. The van der Waals surface area contributed by atoms with Crippen LogP contribution >= 0.6 is 24.0 Å². The lowest BCUT2D eigenvalue weighted by Gasteiger charge is -2.11. The van der Waals surface area contributed by atoms with E-state index in [1.807, 2.05) is 18.2 Å². The van der Waals surface area contributed by atoms with Gasteiger partial charge in [-0.05, 0) is 49.4 Å². The smallest absolute Gasteiger partial charge is 0.188 e. The Kier molecular flexibility index (Phi) is 8.15. The minimum atomic E-state index is 0. The monoisotopic (exact) mass is 466 g/mol. The molecule has 0 radical (unpaired) electrons. The lowest BCUT2D eigenvalue weighted by Crippen LogP contribution is -2.33. The Hall–Kier alpha value is -1.83. The van der Waals surface area contributed by atoms with Crippen LogP contribution in [0.15, 0.2) is 47.6 Å². The van der Waals surface area contributed by atoms with Gasteiger partial charge in [-0.15, -0.1) is 24.0 Å². The van der Waals surface area contributed by atoms with Crippen molar-refractivity contribution in [1.29, 1.82) is 0 Å². The number of halogens is 1. The maximum absolute atomic E-state index is 5.98. The van der Waals surface area contributed by atoms with Gasteiger partial charge < -0.3 is 15.8 Å². The molecule has 0 saturated heterocycles. The van der Waals surface area contributed by atoms with Crippen molar-refractivity contribution in [2.24, 2.45) is 16.6 Å². The third kappa shape index (κ3) is 6.82. The number of rotatable bonds is 8. The highest BCUT2D eigenvalue weighted by Crippen LogP contribution is 2.30. The molecule has 1 aliphatic carbocycles. The van der Waals surface area contributed by atoms with Crippen molar-refractivity contribution in [3.63, 3.8) is 0 Å². The molecule has 0 spiro atoms. The van der Waals surface area contributed by atoms with Crippen molar-refractivity contribution in [2.75, 3.05) is 13.2 Å². The molecule has 1 fully saturated rings. The number of ether oxygens (including phenoxy) is 1. The van der Waals surface area contributed by atoms with Gasteiger partial charge in [0.05, 0.1) is 13.2 Å². The van der Waals surface area contributed by atoms with Crippen LogP contribution in [0.1, 0.15) is 29.7 Å². The number of aliphatic imine (C=N–C) groups is 1. The van der Waals surface area contributed by atoms with Gasteiger partial charge in [0.25, 0.3) is 0 Å². The molecule has 1 aliphatic rings. The predicted molar refractivity (Wildman–Crippen MR) is 116 cm³/mol. The van der Waals surface area contributed by atoms with E-state index in [9.17, 15) is 0 Å². The highest BCUT2D eigenvalue weighted by atomic mass is 127. The maximum Gasteiger partial charge on any atom is 0.188 e. The van der Waals surface area contributed by atoms with Crippen LogP contribution in [0.4, 0.5) is 0 Å². The van der Waals surface area contributed by atoms with Crippen LogP contribution in [0, 0.1) is 12.8 Å². The molecule has 3 N–H and O–H groups in total. The molecule has 2 aromatic rings. The molecule has 140 valence electrons. The molecule has 1 heterocycles. The summed E-state index contributed by atoms with van der Waals surface area (Å²) in [5.74, 6) is 2.11. The van der Waals surface area contributed by atoms with Crippen molar-refractivity contribution in [2.45, 2.75) is 32.7 Å². The first-order valence-electron chi connectivity index (χ1n) is 8.87. The second-order valence-electron chi connectivity index (χ2n) is 6.56. The second kappa shape index (κ2) is 10.4. The topological polar surface area (TPSA) is 72.5 Å². The van der Waals surface area contributed by atoms with Crippen LogP contribution < -0.4 is 15.8 Å². The lowest BCUT2D eigenvalue weighted by molar-refractivity contribution is 0.296. The molecule has 0 amide bonds. The van der Waals surface area contributed by atoms with Crippen molar-refractivity contribution in [3.8, 4) is 5.75 Å². The Morgan fingerprint density at radius 1 is 1.31 bits per heavy atom. The molecule has 3 rings (SSSR count). The Balaban J connectivity index is 0.00000243. The van der Waals surface area contributed by atoms with Gasteiger partial charge >= 0.3 is 0 Å². The van der Waals surface area contributed by atoms with E-state index in [1.54, 1.807) is 6.20 Å². The van der Waals surface area contributed by atoms with Crippen LogP contribution in [-0.2, 0) is 13.0 Å². The van der Waals surface area contributed by atoms with Crippen LogP contribution in [0.5, 0.6) is 5.75 Å². The number of aromatic nitrogens is 1. The zero-order valence-corrected chi connectivity index (χ0v) is 17.5. The van der Waals surface area contributed by atoms with Gasteiger partial charge in [0.15, 0.2) is 5.96 Å². The predicted octanol–water partition coefficient (Wildman–Crippen LogP) is 3.44. The number of hydrogen-bond donors (Lipinski definition) is 2. The zero-order valence-electron chi connectivity index (χ0n) is 15.1. The number of pyridine rings is 1. The highest BCUT2D eigenvalue weighted by Gasteiger charge is 2.22. The summed E-state index contributed by atoms with van der Waals surface area (Å²) in [6.45, 7) is 4.11. The molecule has 5 nitrogen and oxygen atoms in total. The zero-order chi connectivity index (χ0) is 17.5. The van der Waals surface area contributed by atoms with Crippen molar-refractivity contribution >= 4 is 29.9 Å². The molecule has 0 atom stereocenters. The van der Waals surface area contributed by atoms with Gasteiger partial charge in [-0.2, -0.15) is 0 Å². The van der Waals surface area contributed by atoms with E-state index >= 15 is 0 Å². The Morgan fingerprint density at radius 2 is 2.15 bits per heavy atom. The fraction of sp³-hybridized carbons (Fsp3) is 0.400.